The summed E-state index contributed by atoms with van der Waals surface area (Å²) in [5, 5.41) is 19.9. The number of anilines is 1. The molecule has 1 unspecified atom stereocenters. The number of aliphatic hydroxyl groups excluding tert-OH is 1. The normalized spacial score (nSPS) is 17.7. The van der Waals surface area contributed by atoms with Crippen molar-refractivity contribution in [3.05, 3.63) is 101 Å². The lowest BCUT2D eigenvalue weighted by Crippen LogP contribution is -2.29. The predicted molar refractivity (Wildman–Crippen MR) is 107 cm³/mol. The SMILES string of the molecule is N#Cc1ccc(N2C(=O)C(=O)/C(=C(\O)c3ccc(F)cc3)C2c2cccnc2)cc1. The first-order valence-electron chi connectivity index (χ1n) is 8.98. The molecule has 4 rings (SSSR count). The van der Waals surface area contributed by atoms with Crippen molar-refractivity contribution in [2.75, 3.05) is 4.90 Å². The number of pyridine rings is 1. The maximum Gasteiger partial charge on any atom is 0.300 e. The fraction of sp³-hybridized carbons (Fsp3) is 0.0435. The van der Waals surface area contributed by atoms with Gasteiger partial charge in [-0.1, -0.05) is 6.07 Å². The quantitative estimate of drug-likeness (QED) is 0.412. The van der Waals surface area contributed by atoms with Gasteiger partial charge in [0.2, 0.25) is 0 Å². The molecule has 146 valence electrons. The van der Waals surface area contributed by atoms with Crippen LogP contribution in [0.2, 0.25) is 0 Å². The van der Waals surface area contributed by atoms with Gasteiger partial charge in [0, 0.05) is 23.6 Å². The fourth-order valence-corrected chi connectivity index (χ4v) is 3.41. The number of aromatic nitrogens is 1. The van der Waals surface area contributed by atoms with Crippen LogP contribution in [0.15, 0.2) is 78.6 Å². The molecule has 6 nitrogen and oxygen atoms in total. The Morgan fingerprint density at radius 3 is 2.37 bits per heavy atom. The molecule has 7 heteroatoms. The number of Topliss-reactive ketones (excluding diaryl/α,β-unsaturated/α-hetero) is 1. The zero-order valence-electron chi connectivity index (χ0n) is 15.5. The lowest BCUT2D eigenvalue weighted by atomic mass is 9.96. The van der Waals surface area contributed by atoms with Crippen molar-refractivity contribution in [1.29, 1.82) is 5.26 Å². The number of benzene rings is 2. The van der Waals surface area contributed by atoms with E-state index in [1.54, 1.807) is 30.5 Å². The Labute approximate surface area is 171 Å². The molecule has 30 heavy (non-hydrogen) atoms. The van der Waals surface area contributed by atoms with E-state index in [4.69, 9.17) is 5.26 Å². The Kier molecular flexibility index (Phi) is 4.82. The van der Waals surface area contributed by atoms with Crippen molar-refractivity contribution in [3.63, 3.8) is 0 Å². The van der Waals surface area contributed by atoms with Gasteiger partial charge in [0.1, 0.15) is 11.6 Å². The van der Waals surface area contributed by atoms with E-state index in [9.17, 15) is 19.1 Å². The number of ketones is 1. The molecule has 1 amide bonds. The van der Waals surface area contributed by atoms with Crippen LogP contribution in [-0.2, 0) is 9.59 Å². The van der Waals surface area contributed by atoms with Gasteiger partial charge in [-0.05, 0) is 60.2 Å². The van der Waals surface area contributed by atoms with Crippen molar-refractivity contribution in [2.24, 2.45) is 0 Å². The van der Waals surface area contributed by atoms with E-state index in [-0.39, 0.29) is 11.1 Å². The molecule has 1 aliphatic heterocycles. The van der Waals surface area contributed by atoms with Crippen LogP contribution in [0.25, 0.3) is 5.76 Å². The monoisotopic (exact) mass is 399 g/mol. The second-order valence-corrected chi connectivity index (χ2v) is 6.62. The first-order valence-corrected chi connectivity index (χ1v) is 8.98. The van der Waals surface area contributed by atoms with Crippen LogP contribution in [0.4, 0.5) is 10.1 Å². The van der Waals surface area contributed by atoms with E-state index in [1.165, 1.54) is 35.4 Å². The molecule has 1 aromatic heterocycles. The van der Waals surface area contributed by atoms with Gasteiger partial charge in [0.05, 0.1) is 23.2 Å². The van der Waals surface area contributed by atoms with Gasteiger partial charge < -0.3 is 5.11 Å². The zero-order chi connectivity index (χ0) is 21.3. The van der Waals surface area contributed by atoms with E-state index in [1.807, 2.05) is 6.07 Å². The largest absolute Gasteiger partial charge is 0.507 e. The first-order chi connectivity index (χ1) is 14.5. The summed E-state index contributed by atoms with van der Waals surface area (Å²) in [7, 11) is 0. The van der Waals surface area contributed by atoms with Crippen LogP contribution in [0.1, 0.15) is 22.7 Å². The van der Waals surface area contributed by atoms with E-state index >= 15 is 0 Å². The molecule has 3 aromatic rings. The molecule has 1 atom stereocenters. The molecular weight excluding hydrogens is 385 g/mol. The summed E-state index contributed by atoms with van der Waals surface area (Å²) in [4.78, 5) is 31.2. The van der Waals surface area contributed by atoms with Crippen molar-refractivity contribution < 1.29 is 19.1 Å². The Balaban J connectivity index is 1.92. The van der Waals surface area contributed by atoms with Gasteiger partial charge in [-0.15, -0.1) is 0 Å². The van der Waals surface area contributed by atoms with Crippen LogP contribution in [0.5, 0.6) is 0 Å². The molecule has 0 bridgehead atoms. The topological polar surface area (TPSA) is 94.3 Å². The third-order valence-corrected chi connectivity index (χ3v) is 4.84. The highest BCUT2D eigenvalue weighted by Crippen LogP contribution is 2.41. The Morgan fingerprint density at radius 2 is 1.77 bits per heavy atom. The summed E-state index contributed by atoms with van der Waals surface area (Å²) < 4.78 is 13.3. The third-order valence-electron chi connectivity index (χ3n) is 4.84. The number of aliphatic hydroxyl groups is 1. The maximum atomic E-state index is 13.3. The number of hydrogen-bond acceptors (Lipinski definition) is 5. The van der Waals surface area contributed by atoms with Gasteiger partial charge in [0.15, 0.2) is 0 Å². The summed E-state index contributed by atoms with van der Waals surface area (Å²) in [5.74, 6) is -2.58. The number of hydrogen-bond donors (Lipinski definition) is 1. The number of rotatable bonds is 3. The molecule has 1 aliphatic rings. The van der Waals surface area contributed by atoms with Gasteiger partial charge in [-0.2, -0.15) is 5.26 Å². The van der Waals surface area contributed by atoms with E-state index in [2.05, 4.69) is 4.98 Å². The molecule has 0 radical (unpaired) electrons. The van der Waals surface area contributed by atoms with Crippen LogP contribution >= 0.6 is 0 Å². The van der Waals surface area contributed by atoms with E-state index in [0.717, 1.165) is 12.1 Å². The molecule has 1 saturated heterocycles. The highest BCUT2D eigenvalue weighted by atomic mass is 19.1. The second kappa shape index (κ2) is 7.60. The highest BCUT2D eigenvalue weighted by Gasteiger charge is 2.47. The van der Waals surface area contributed by atoms with E-state index < -0.39 is 29.3 Å². The smallest absolute Gasteiger partial charge is 0.300 e. The standard InChI is InChI=1S/C23H14FN3O3/c24-17-7-5-15(6-8-17)21(28)19-20(16-2-1-11-26-13-16)27(23(30)22(19)29)18-9-3-14(12-25)4-10-18/h1-11,13,20,28H/b21-19-. The highest BCUT2D eigenvalue weighted by molar-refractivity contribution is 6.51. The average molecular weight is 399 g/mol. The molecule has 0 saturated carbocycles. The summed E-state index contributed by atoms with van der Waals surface area (Å²) in [5.41, 5.74) is 1.40. The first kappa shape index (κ1) is 19.0. The van der Waals surface area contributed by atoms with Gasteiger partial charge >= 0.3 is 0 Å². The minimum Gasteiger partial charge on any atom is -0.507 e. The summed E-state index contributed by atoms with van der Waals surface area (Å²) >= 11 is 0. The summed E-state index contributed by atoms with van der Waals surface area (Å²) in [6, 6.07) is 15.6. The Bertz CT molecular complexity index is 1200. The number of nitrogens with zero attached hydrogens (tertiary/aromatic N) is 3. The van der Waals surface area contributed by atoms with Gasteiger partial charge in [-0.25, -0.2) is 4.39 Å². The molecule has 1 fully saturated rings. The van der Waals surface area contributed by atoms with Crippen molar-refractivity contribution in [2.45, 2.75) is 6.04 Å². The molecule has 0 spiro atoms. The molecule has 2 aromatic carbocycles. The second-order valence-electron chi connectivity index (χ2n) is 6.62. The lowest BCUT2D eigenvalue weighted by molar-refractivity contribution is -0.132. The number of amides is 1. The van der Waals surface area contributed by atoms with Crippen LogP contribution in [0, 0.1) is 17.1 Å². The van der Waals surface area contributed by atoms with E-state index in [0.29, 0.717) is 16.8 Å². The molecule has 0 aliphatic carbocycles. The predicted octanol–water partition coefficient (Wildman–Crippen LogP) is 3.72. The molecular formula is C23H14FN3O3. The van der Waals surface area contributed by atoms with Crippen LogP contribution in [-0.4, -0.2) is 21.8 Å². The Hall–Kier alpha value is -4.31. The number of carbonyl (C=O) groups excluding carboxylic acids is 2. The van der Waals surface area contributed by atoms with Gasteiger partial charge in [-0.3, -0.25) is 19.5 Å². The Morgan fingerprint density at radius 1 is 1.07 bits per heavy atom. The summed E-state index contributed by atoms with van der Waals surface area (Å²) in [6.45, 7) is 0. The zero-order valence-corrected chi connectivity index (χ0v) is 15.5. The molecule has 1 N–H and O–H groups in total. The minimum absolute atomic E-state index is 0.121. The summed E-state index contributed by atoms with van der Waals surface area (Å²) in [6.07, 6.45) is 3.06. The number of halogens is 1. The average Bonchev–Trinajstić information content (AvgIpc) is 3.05. The van der Waals surface area contributed by atoms with Crippen LogP contribution in [0.3, 0.4) is 0 Å². The number of nitriles is 1. The number of carbonyl (C=O) groups is 2. The van der Waals surface area contributed by atoms with Crippen molar-refractivity contribution in [3.8, 4) is 6.07 Å². The fourth-order valence-electron chi connectivity index (χ4n) is 3.41. The van der Waals surface area contributed by atoms with Crippen molar-refractivity contribution >= 4 is 23.1 Å². The van der Waals surface area contributed by atoms with Crippen molar-refractivity contribution in [1.82, 2.24) is 4.98 Å². The maximum absolute atomic E-state index is 13.3. The third kappa shape index (κ3) is 3.20. The van der Waals surface area contributed by atoms with Crippen LogP contribution < -0.4 is 4.90 Å². The minimum atomic E-state index is -0.934. The van der Waals surface area contributed by atoms with Gasteiger partial charge in [0.25, 0.3) is 11.7 Å². The molecule has 2 heterocycles. The lowest BCUT2D eigenvalue weighted by Gasteiger charge is -2.25.